The van der Waals surface area contributed by atoms with Gasteiger partial charge in [0.15, 0.2) is 0 Å². The molecule has 6 nitrogen and oxygen atoms in total. The van der Waals surface area contributed by atoms with Crippen molar-refractivity contribution in [3.8, 4) is 0 Å². The van der Waals surface area contributed by atoms with Gasteiger partial charge in [-0.15, -0.1) is 0 Å². The fourth-order valence-electron chi connectivity index (χ4n) is 1.34. The number of carbonyl (C=O) groups excluding carboxylic acids is 1. The second kappa shape index (κ2) is 6.43. The van der Waals surface area contributed by atoms with Gasteiger partial charge in [-0.1, -0.05) is 0 Å². The molecule has 1 rings (SSSR count). The Labute approximate surface area is 99.8 Å². The molecule has 1 unspecified atom stereocenters. The number of nitrogens with two attached hydrogens (primary N) is 1. The van der Waals surface area contributed by atoms with E-state index in [-0.39, 0.29) is 17.7 Å². The van der Waals surface area contributed by atoms with Gasteiger partial charge in [-0.3, -0.25) is 4.79 Å². The van der Waals surface area contributed by atoms with Gasteiger partial charge in [0, 0.05) is 24.6 Å². The number of primary sulfonamides is 1. The maximum absolute atomic E-state index is 11.6. The fourth-order valence-corrected chi connectivity index (χ4v) is 2.82. The number of sulfonamides is 1. The lowest BCUT2D eigenvalue weighted by Crippen LogP contribution is -2.49. The van der Waals surface area contributed by atoms with E-state index in [9.17, 15) is 13.2 Å². The van der Waals surface area contributed by atoms with Gasteiger partial charge < -0.3 is 10.6 Å². The van der Waals surface area contributed by atoms with E-state index in [2.05, 4.69) is 10.6 Å². The monoisotopic (exact) mass is 267 g/mol. The van der Waals surface area contributed by atoms with Crippen molar-refractivity contribution in [1.29, 1.82) is 0 Å². The minimum Gasteiger partial charge on any atom is -0.355 e. The molecule has 1 atom stereocenters. The molecule has 0 saturated carbocycles. The molecule has 0 aliphatic carbocycles. The molecule has 0 aromatic carbocycles. The van der Waals surface area contributed by atoms with Gasteiger partial charge in [-0.05, 0) is 6.42 Å². The summed E-state index contributed by atoms with van der Waals surface area (Å²) in [5.74, 6) is 1.62. The minimum atomic E-state index is -3.42. The Bertz CT molecular complexity index is 325. The van der Waals surface area contributed by atoms with E-state index < -0.39 is 10.0 Å². The molecule has 1 aliphatic rings. The molecule has 0 bridgehead atoms. The van der Waals surface area contributed by atoms with Crippen LogP contribution < -0.4 is 15.8 Å². The molecule has 0 spiro atoms. The molecule has 0 aromatic rings. The van der Waals surface area contributed by atoms with E-state index in [0.29, 0.717) is 13.0 Å². The van der Waals surface area contributed by atoms with Crippen molar-refractivity contribution in [1.82, 2.24) is 10.6 Å². The van der Waals surface area contributed by atoms with Crippen LogP contribution in [0.3, 0.4) is 0 Å². The van der Waals surface area contributed by atoms with Gasteiger partial charge in [-0.25, -0.2) is 13.6 Å². The first-order valence-corrected chi connectivity index (χ1v) is 7.95. The van der Waals surface area contributed by atoms with E-state index >= 15 is 0 Å². The van der Waals surface area contributed by atoms with Crippen LogP contribution in [0.15, 0.2) is 0 Å². The van der Waals surface area contributed by atoms with Crippen molar-refractivity contribution >= 4 is 27.7 Å². The average molecular weight is 267 g/mol. The molecule has 1 heterocycles. The number of hydrogen-bond donors (Lipinski definition) is 3. The highest BCUT2D eigenvalue weighted by atomic mass is 32.2. The second-order valence-electron chi connectivity index (χ2n) is 3.59. The van der Waals surface area contributed by atoms with Gasteiger partial charge in [0.2, 0.25) is 15.9 Å². The van der Waals surface area contributed by atoms with Crippen molar-refractivity contribution in [2.24, 2.45) is 5.14 Å². The van der Waals surface area contributed by atoms with Crippen LogP contribution >= 0.6 is 11.8 Å². The first-order valence-electron chi connectivity index (χ1n) is 5.08. The van der Waals surface area contributed by atoms with Gasteiger partial charge in [0.25, 0.3) is 0 Å². The molecule has 94 valence electrons. The maximum Gasteiger partial charge on any atom is 0.237 e. The zero-order valence-electron chi connectivity index (χ0n) is 8.94. The van der Waals surface area contributed by atoms with E-state index in [1.807, 2.05) is 0 Å². The molecule has 0 aromatic heterocycles. The third kappa shape index (κ3) is 5.69. The molecule has 8 heteroatoms. The summed E-state index contributed by atoms with van der Waals surface area (Å²) < 4.78 is 21.3. The quantitative estimate of drug-likeness (QED) is 0.526. The van der Waals surface area contributed by atoms with E-state index in [4.69, 9.17) is 5.14 Å². The fraction of sp³-hybridized carbons (Fsp3) is 0.875. The largest absolute Gasteiger partial charge is 0.355 e. The van der Waals surface area contributed by atoms with Crippen LogP contribution in [-0.4, -0.2) is 50.7 Å². The topological polar surface area (TPSA) is 101 Å². The van der Waals surface area contributed by atoms with E-state index in [1.54, 1.807) is 11.8 Å². The Balaban J connectivity index is 2.14. The van der Waals surface area contributed by atoms with Crippen LogP contribution in [0.4, 0.5) is 0 Å². The summed E-state index contributed by atoms with van der Waals surface area (Å²) in [6.45, 7) is 1.18. The molecule has 1 amide bonds. The average Bonchev–Trinajstić information content (AvgIpc) is 2.24. The summed E-state index contributed by atoms with van der Waals surface area (Å²) in [6, 6.07) is -0.159. The summed E-state index contributed by atoms with van der Waals surface area (Å²) in [5, 5.41) is 10.6. The predicted octanol–water partition coefficient (Wildman–Crippen LogP) is -1.51. The number of hydrogen-bond acceptors (Lipinski definition) is 5. The van der Waals surface area contributed by atoms with Gasteiger partial charge >= 0.3 is 0 Å². The van der Waals surface area contributed by atoms with Crippen LogP contribution in [0.5, 0.6) is 0 Å². The zero-order valence-corrected chi connectivity index (χ0v) is 10.6. The highest BCUT2D eigenvalue weighted by molar-refractivity contribution is 7.99. The molecule has 1 fully saturated rings. The van der Waals surface area contributed by atoms with Crippen molar-refractivity contribution in [2.45, 2.75) is 12.5 Å². The molecular weight excluding hydrogens is 250 g/mol. The molecule has 16 heavy (non-hydrogen) atoms. The highest BCUT2D eigenvalue weighted by Gasteiger charge is 2.20. The molecule has 4 N–H and O–H groups in total. The number of nitrogens with one attached hydrogen (secondary N) is 2. The summed E-state index contributed by atoms with van der Waals surface area (Å²) in [4.78, 5) is 11.6. The summed E-state index contributed by atoms with van der Waals surface area (Å²) in [5.41, 5.74) is 0. The number of amides is 1. The van der Waals surface area contributed by atoms with Crippen molar-refractivity contribution in [3.63, 3.8) is 0 Å². The molecule has 0 radical (unpaired) electrons. The smallest absolute Gasteiger partial charge is 0.237 e. The van der Waals surface area contributed by atoms with Gasteiger partial charge in [0.05, 0.1) is 11.8 Å². The zero-order chi connectivity index (χ0) is 12.0. The Morgan fingerprint density at radius 3 is 2.88 bits per heavy atom. The van der Waals surface area contributed by atoms with Crippen LogP contribution in [0.25, 0.3) is 0 Å². The number of carbonyl (C=O) groups is 1. The lowest BCUT2D eigenvalue weighted by atomic mass is 10.3. The highest BCUT2D eigenvalue weighted by Crippen LogP contribution is 2.07. The van der Waals surface area contributed by atoms with Gasteiger partial charge in [-0.2, -0.15) is 11.8 Å². The standard InChI is InChI=1S/C8H17N3O3S2/c9-16(13,14)5-1-2-11-8(12)7-6-15-4-3-10-7/h7,10H,1-6H2,(H,11,12)(H2,9,13,14). The van der Waals surface area contributed by atoms with Gasteiger partial charge in [0.1, 0.15) is 0 Å². The summed E-state index contributed by atoms with van der Waals surface area (Å²) in [6.07, 6.45) is 0.352. The lowest BCUT2D eigenvalue weighted by Gasteiger charge is -2.22. The predicted molar refractivity (Wildman–Crippen MR) is 64.7 cm³/mol. The second-order valence-corrected chi connectivity index (χ2v) is 6.48. The normalized spacial score (nSPS) is 21.7. The Hall–Kier alpha value is -0.310. The minimum absolute atomic E-state index is 0.0679. The Morgan fingerprint density at radius 2 is 2.31 bits per heavy atom. The molecule has 1 aliphatic heterocycles. The molecular formula is C8H17N3O3S2. The van der Waals surface area contributed by atoms with Crippen molar-refractivity contribution in [2.75, 3.05) is 30.3 Å². The summed E-state index contributed by atoms with van der Waals surface area (Å²) >= 11 is 1.74. The van der Waals surface area contributed by atoms with Crippen molar-refractivity contribution < 1.29 is 13.2 Å². The Kier molecular flexibility index (Phi) is 5.53. The number of thioether (sulfide) groups is 1. The van der Waals surface area contributed by atoms with Crippen LogP contribution in [0, 0.1) is 0 Å². The lowest BCUT2D eigenvalue weighted by molar-refractivity contribution is -0.122. The first kappa shape index (κ1) is 13.8. The van der Waals surface area contributed by atoms with E-state index in [0.717, 1.165) is 18.1 Å². The van der Waals surface area contributed by atoms with Crippen molar-refractivity contribution in [3.05, 3.63) is 0 Å². The van der Waals surface area contributed by atoms with Crippen LogP contribution in [0.1, 0.15) is 6.42 Å². The molecule has 1 saturated heterocycles. The third-order valence-electron chi connectivity index (χ3n) is 2.14. The SMILES string of the molecule is NS(=O)(=O)CCCNC(=O)C1CSCCN1. The number of rotatable bonds is 5. The summed E-state index contributed by atoms with van der Waals surface area (Å²) in [7, 11) is -3.42. The maximum atomic E-state index is 11.6. The third-order valence-corrected chi connectivity index (χ3v) is 4.06. The van der Waals surface area contributed by atoms with Crippen LogP contribution in [0.2, 0.25) is 0 Å². The van der Waals surface area contributed by atoms with Crippen LogP contribution in [-0.2, 0) is 14.8 Å². The first-order chi connectivity index (χ1) is 7.49. The van der Waals surface area contributed by atoms with E-state index in [1.165, 1.54) is 0 Å². The Morgan fingerprint density at radius 1 is 1.56 bits per heavy atom.